The summed E-state index contributed by atoms with van der Waals surface area (Å²) in [5.41, 5.74) is 4.30. The van der Waals surface area contributed by atoms with Gasteiger partial charge in [-0.2, -0.15) is 0 Å². The molecule has 0 spiro atoms. The van der Waals surface area contributed by atoms with Crippen molar-refractivity contribution in [3.8, 4) is 5.75 Å². The second kappa shape index (κ2) is 6.01. The lowest BCUT2D eigenvalue weighted by Gasteiger charge is -2.13. The fourth-order valence-electron chi connectivity index (χ4n) is 1.91. The SMILES string of the molecule is Cc1ncsc1CCOc1ccccc1C(C)C. The second-order valence-electron chi connectivity index (χ2n) is 4.65. The Hall–Kier alpha value is -1.35. The van der Waals surface area contributed by atoms with E-state index in [1.165, 1.54) is 10.4 Å². The van der Waals surface area contributed by atoms with E-state index in [0.29, 0.717) is 12.5 Å². The predicted octanol–water partition coefficient (Wildman–Crippen LogP) is 4.20. The van der Waals surface area contributed by atoms with Crippen LogP contribution in [-0.4, -0.2) is 11.6 Å². The van der Waals surface area contributed by atoms with E-state index in [4.69, 9.17) is 4.74 Å². The molecular formula is C15H19NOS. The van der Waals surface area contributed by atoms with Crippen LogP contribution in [0.5, 0.6) is 5.75 Å². The molecule has 3 heteroatoms. The summed E-state index contributed by atoms with van der Waals surface area (Å²) in [5.74, 6) is 1.50. The first-order chi connectivity index (χ1) is 8.68. The highest BCUT2D eigenvalue weighted by atomic mass is 32.1. The summed E-state index contributed by atoms with van der Waals surface area (Å²) < 4.78 is 5.91. The normalized spacial score (nSPS) is 10.9. The van der Waals surface area contributed by atoms with Crippen molar-refractivity contribution in [2.45, 2.75) is 33.1 Å². The van der Waals surface area contributed by atoms with E-state index in [0.717, 1.165) is 17.9 Å². The summed E-state index contributed by atoms with van der Waals surface area (Å²) >= 11 is 1.70. The molecule has 0 radical (unpaired) electrons. The molecule has 0 N–H and O–H groups in total. The van der Waals surface area contributed by atoms with Crippen LogP contribution in [0.25, 0.3) is 0 Å². The molecule has 0 fully saturated rings. The molecule has 0 bridgehead atoms. The molecule has 0 amide bonds. The van der Waals surface area contributed by atoms with Gasteiger partial charge in [-0.3, -0.25) is 0 Å². The van der Waals surface area contributed by atoms with E-state index in [9.17, 15) is 0 Å². The van der Waals surface area contributed by atoms with Crippen molar-refractivity contribution < 1.29 is 4.74 Å². The van der Waals surface area contributed by atoms with Crippen LogP contribution in [0.2, 0.25) is 0 Å². The molecule has 0 saturated heterocycles. The number of thiazole rings is 1. The number of para-hydroxylation sites is 1. The molecule has 2 nitrogen and oxygen atoms in total. The topological polar surface area (TPSA) is 22.1 Å². The number of aromatic nitrogens is 1. The van der Waals surface area contributed by atoms with Crippen molar-refractivity contribution in [1.29, 1.82) is 0 Å². The van der Waals surface area contributed by atoms with Gasteiger partial charge in [0.15, 0.2) is 0 Å². The fraction of sp³-hybridized carbons (Fsp3) is 0.400. The Balaban J connectivity index is 1.96. The van der Waals surface area contributed by atoms with Crippen molar-refractivity contribution in [2.24, 2.45) is 0 Å². The first-order valence-corrected chi connectivity index (χ1v) is 7.17. The number of ether oxygens (including phenoxy) is 1. The van der Waals surface area contributed by atoms with E-state index < -0.39 is 0 Å². The average Bonchev–Trinajstić information content (AvgIpc) is 2.76. The third-order valence-electron chi connectivity index (χ3n) is 2.97. The quantitative estimate of drug-likeness (QED) is 0.805. The number of nitrogens with zero attached hydrogens (tertiary/aromatic N) is 1. The molecule has 1 heterocycles. The molecular weight excluding hydrogens is 242 g/mol. The van der Waals surface area contributed by atoms with Gasteiger partial charge in [0.2, 0.25) is 0 Å². The molecule has 18 heavy (non-hydrogen) atoms. The summed E-state index contributed by atoms with van der Waals surface area (Å²) in [4.78, 5) is 5.57. The highest BCUT2D eigenvalue weighted by Gasteiger charge is 2.07. The zero-order valence-electron chi connectivity index (χ0n) is 11.1. The molecule has 0 saturated carbocycles. The smallest absolute Gasteiger partial charge is 0.122 e. The zero-order valence-corrected chi connectivity index (χ0v) is 12.0. The standard InChI is InChI=1S/C15H19NOS/c1-11(2)13-6-4-5-7-14(13)17-9-8-15-12(3)16-10-18-15/h4-7,10-11H,8-9H2,1-3H3. The number of rotatable bonds is 5. The van der Waals surface area contributed by atoms with Crippen molar-refractivity contribution in [3.05, 3.63) is 45.9 Å². The lowest BCUT2D eigenvalue weighted by Crippen LogP contribution is -2.04. The number of aryl methyl sites for hydroxylation is 1. The minimum Gasteiger partial charge on any atom is -0.493 e. The molecule has 0 aliphatic rings. The maximum atomic E-state index is 5.91. The Bertz CT molecular complexity index is 505. The highest BCUT2D eigenvalue weighted by Crippen LogP contribution is 2.26. The third kappa shape index (κ3) is 3.10. The number of hydrogen-bond donors (Lipinski definition) is 0. The van der Waals surface area contributed by atoms with Gasteiger partial charge in [0, 0.05) is 11.3 Å². The van der Waals surface area contributed by atoms with Gasteiger partial charge < -0.3 is 4.74 Å². The third-order valence-corrected chi connectivity index (χ3v) is 3.97. The minimum absolute atomic E-state index is 0.492. The summed E-state index contributed by atoms with van der Waals surface area (Å²) in [6.45, 7) is 7.14. The molecule has 2 rings (SSSR count). The molecule has 96 valence electrons. The number of benzene rings is 1. The van der Waals surface area contributed by atoms with Gasteiger partial charge in [-0.05, 0) is 24.5 Å². The summed E-state index contributed by atoms with van der Waals surface area (Å²) in [5, 5.41) is 0. The summed E-state index contributed by atoms with van der Waals surface area (Å²) in [6, 6.07) is 8.28. The van der Waals surface area contributed by atoms with Gasteiger partial charge >= 0.3 is 0 Å². The largest absolute Gasteiger partial charge is 0.493 e. The molecule has 1 aromatic carbocycles. The molecule has 0 unspecified atom stereocenters. The van der Waals surface area contributed by atoms with Crippen LogP contribution in [0.1, 0.15) is 35.9 Å². The summed E-state index contributed by atoms with van der Waals surface area (Å²) in [6.07, 6.45) is 0.933. The van der Waals surface area contributed by atoms with Gasteiger partial charge in [0.25, 0.3) is 0 Å². The lowest BCUT2D eigenvalue weighted by atomic mass is 10.0. The first-order valence-electron chi connectivity index (χ1n) is 6.29. The Kier molecular flexibility index (Phi) is 4.37. The van der Waals surface area contributed by atoms with Crippen LogP contribution < -0.4 is 4.74 Å². The Morgan fingerprint density at radius 3 is 2.72 bits per heavy atom. The van der Waals surface area contributed by atoms with Gasteiger partial charge in [-0.1, -0.05) is 32.0 Å². The molecule has 0 aliphatic carbocycles. The maximum Gasteiger partial charge on any atom is 0.122 e. The van der Waals surface area contributed by atoms with Crippen LogP contribution in [-0.2, 0) is 6.42 Å². The zero-order chi connectivity index (χ0) is 13.0. The average molecular weight is 261 g/mol. The van der Waals surface area contributed by atoms with Gasteiger partial charge in [-0.25, -0.2) is 4.98 Å². The molecule has 0 aliphatic heterocycles. The van der Waals surface area contributed by atoms with E-state index >= 15 is 0 Å². The fourth-order valence-corrected chi connectivity index (χ4v) is 2.67. The van der Waals surface area contributed by atoms with Crippen LogP contribution in [0.3, 0.4) is 0 Å². The highest BCUT2D eigenvalue weighted by molar-refractivity contribution is 7.09. The van der Waals surface area contributed by atoms with Crippen molar-refractivity contribution in [1.82, 2.24) is 4.98 Å². The van der Waals surface area contributed by atoms with E-state index in [2.05, 4.69) is 37.0 Å². The van der Waals surface area contributed by atoms with Gasteiger partial charge in [0.05, 0.1) is 17.8 Å². The van der Waals surface area contributed by atoms with Crippen molar-refractivity contribution in [3.63, 3.8) is 0 Å². The lowest BCUT2D eigenvalue weighted by molar-refractivity contribution is 0.318. The Labute approximate surface area is 113 Å². The van der Waals surface area contributed by atoms with E-state index in [-0.39, 0.29) is 0 Å². The predicted molar refractivity (Wildman–Crippen MR) is 76.6 cm³/mol. The van der Waals surface area contributed by atoms with Gasteiger partial charge in [0.1, 0.15) is 5.75 Å². The number of hydrogen-bond acceptors (Lipinski definition) is 3. The molecule has 2 aromatic rings. The maximum absolute atomic E-state index is 5.91. The summed E-state index contributed by atoms with van der Waals surface area (Å²) in [7, 11) is 0. The van der Waals surface area contributed by atoms with Crippen molar-refractivity contribution in [2.75, 3.05) is 6.61 Å². The molecule has 1 aromatic heterocycles. The second-order valence-corrected chi connectivity index (χ2v) is 5.59. The first kappa shape index (κ1) is 13.1. The van der Waals surface area contributed by atoms with Crippen LogP contribution >= 0.6 is 11.3 Å². The van der Waals surface area contributed by atoms with E-state index in [1.54, 1.807) is 11.3 Å². The van der Waals surface area contributed by atoms with Crippen molar-refractivity contribution >= 4 is 11.3 Å². The molecule has 0 atom stereocenters. The Morgan fingerprint density at radius 2 is 2.06 bits per heavy atom. The Morgan fingerprint density at radius 1 is 1.28 bits per heavy atom. The van der Waals surface area contributed by atoms with Gasteiger partial charge in [-0.15, -0.1) is 11.3 Å². The monoisotopic (exact) mass is 261 g/mol. The van der Waals surface area contributed by atoms with Crippen LogP contribution in [0.4, 0.5) is 0 Å². The minimum atomic E-state index is 0.492. The van der Waals surface area contributed by atoms with Crippen LogP contribution in [0.15, 0.2) is 29.8 Å². The van der Waals surface area contributed by atoms with E-state index in [1.807, 2.05) is 18.5 Å². The van der Waals surface area contributed by atoms with Crippen LogP contribution in [0, 0.1) is 6.92 Å².